The highest BCUT2D eigenvalue weighted by Crippen LogP contribution is 2.30. The number of para-hydroxylation sites is 1. The van der Waals surface area contributed by atoms with Crippen LogP contribution in [0.15, 0.2) is 54.6 Å². The van der Waals surface area contributed by atoms with Gasteiger partial charge in [-0.3, -0.25) is 0 Å². The minimum atomic E-state index is -0.0344. The summed E-state index contributed by atoms with van der Waals surface area (Å²) < 4.78 is 10.6. The maximum Gasteiger partial charge on any atom is 0.174 e. The molecule has 0 fully saturated rings. The minimum absolute atomic E-state index is 0.0344. The van der Waals surface area contributed by atoms with Gasteiger partial charge in [0.2, 0.25) is 0 Å². The standard InChI is InChI=1S/C20H15ClN2O2/c1-24-20-13-14(6-9-19(20)25-11-10-22)12-16(21)18-8-7-15-4-2-3-5-17(15)23-18/h2-9,12-13H,11H2,1H3/b16-12-. The molecule has 1 heterocycles. The molecule has 0 radical (unpaired) electrons. The highest BCUT2D eigenvalue weighted by atomic mass is 35.5. The number of methoxy groups -OCH3 is 1. The van der Waals surface area contributed by atoms with Crippen molar-refractivity contribution in [1.82, 2.24) is 4.98 Å². The monoisotopic (exact) mass is 350 g/mol. The largest absolute Gasteiger partial charge is 0.493 e. The molecule has 0 spiro atoms. The number of aromatic nitrogens is 1. The molecule has 4 nitrogen and oxygen atoms in total. The van der Waals surface area contributed by atoms with Crippen LogP contribution in [0.4, 0.5) is 0 Å². The van der Waals surface area contributed by atoms with Crippen LogP contribution in [0.25, 0.3) is 22.0 Å². The highest BCUT2D eigenvalue weighted by molar-refractivity contribution is 6.51. The van der Waals surface area contributed by atoms with Crippen molar-refractivity contribution in [1.29, 1.82) is 5.26 Å². The molecule has 2 aromatic carbocycles. The van der Waals surface area contributed by atoms with Crippen molar-refractivity contribution >= 4 is 33.6 Å². The molecule has 0 saturated heterocycles. The molecule has 0 amide bonds. The Morgan fingerprint density at radius 1 is 1.16 bits per heavy atom. The Kier molecular flexibility index (Phi) is 5.17. The van der Waals surface area contributed by atoms with Crippen molar-refractivity contribution in [3.8, 4) is 17.6 Å². The summed E-state index contributed by atoms with van der Waals surface area (Å²) in [4.78, 5) is 4.58. The van der Waals surface area contributed by atoms with Crippen LogP contribution in [0.5, 0.6) is 11.5 Å². The Morgan fingerprint density at radius 3 is 2.80 bits per heavy atom. The molecule has 25 heavy (non-hydrogen) atoms. The second kappa shape index (κ2) is 7.69. The summed E-state index contributed by atoms with van der Waals surface area (Å²) in [5, 5.41) is 10.2. The number of rotatable bonds is 5. The van der Waals surface area contributed by atoms with E-state index < -0.39 is 0 Å². The van der Waals surface area contributed by atoms with Gasteiger partial charge in [-0.15, -0.1) is 0 Å². The Hall–Kier alpha value is -3.03. The van der Waals surface area contributed by atoms with Gasteiger partial charge in [0.05, 0.1) is 23.4 Å². The van der Waals surface area contributed by atoms with E-state index in [1.165, 1.54) is 0 Å². The van der Waals surface area contributed by atoms with E-state index in [1.54, 1.807) is 19.2 Å². The van der Waals surface area contributed by atoms with E-state index in [1.807, 2.05) is 54.6 Å². The van der Waals surface area contributed by atoms with E-state index in [2.05, 4.69) is 4.98 Å². The number of pyridine rings is 1. The smallest absolute Gasteiger partial charge is 0.174 e. The maximum absolute atomic E-state index is 8.62. The van der Waals surface area contributed by atoms with Gasteiger partial charge in [-0.1, -0.05) is 41.9 Å². The van der Waals surface area contributed by atoms with Gasteiger partial charge in [-0.05, 0) is 35.9 Å². The summed E-state index contributed by atoms with van der Waals surface area (Å²) >= 11 is 6.44. The highest BCUT2D eigenvalue weighted by Gasteiger charge is 2.07. The molecule has 124 valence electrons. The summed E-state index contributed by atoms with van der Waals surface area (Å²) in [6.45, 7) is -0.0344. The second-order valence-electron chi connectivity index (χ2n) is 5.24. The Balaban J connectivity index is 1.91. The molecular weight excluding hydrogens is 336 g/mol. The van der Waals surface area contributed by atoms with Crippen molar-refractivity contribution in [3.63, 3.8) is 0 Å². The molecule has 0 bridgehead atoms. The molecular formula is C20H15ClN2O2. The number of benzene rings is 2. The van der Waals surface area contributed by atoms with Gasteiger partial charge in [0, 0.05) is 5.39 Å². The first-order chi connectivity index (χ1) is 12.2. The van der Waals surface area contributed by atoms with Crippen LogP contribution in [0.3, 0.4) is 0 Å². The van der Waals surface area contributed by atoms with Crippen molar-refractivity contribution in [3.05, 3.63) is 65.9 Å². The van der Waals surface area contributed by atoms with Gasteiger partial charge >= 0.3 is 0 Å². The Morgan fingerprint density at radius 2 is 2.00 bits per heavy atom. The van der Waals surface area contributed by atoms with Gasteiger partial charge < -0.3 is 9.47 Å². The number of nitriles is 1. The van der Waals surface area contributed by atoms with E-state index in [4.69, 9.17) is 26.3 Å². The van der Waals surface area contributed by atoms with E-state index in [0.29, 0.717) is 22.2 Å². The second-order valence-corrected chi connectivity index (χ2v) is 5.65. The van der Waals surface area contributed by atoms with Gasteiger partial charge in [-0.25, -0.2) is 4.98 Å². The molecule has 5 heteroatoms. The summed E-state index contributed by atoms with van der Waals surface area (Å²) in [7, 11) is 1.55. The molecule has 0 unspecified atom stereocenters. The van der Waals surface area contributed by atoms with Gasteiger partial charge in [0.15, 0.2) is 18.1 Å². The van der Waals surface area contributed by atoms with E-state index >= 15 is 0 Å². The number of nitrogens with zero attached hydrogens (tertiary/aromatic N) is 2. The number of hydrogen-bond acceptors (Lipinski definition) is 4. The van der Waals surface area contributed by atoms with Crippen LogP contribution in [0.1, 0.15) is 11.3 Å². The molecule has 0 aliphatic rings. The number of hydrogen-bond donors (Lipinski definition) is 0. The lowest BCUT2D eigenvalue weighted by atomic mass is 10.1. The lowest BCUT2D eigenvalue weighted by Gasteiger charge is -2.09. The lowest BCUT2D eigenvalue weighted by molar-refractivity contribution is 0.329. The zero-order valence-electron chi connectivity index (χ0n) is 13.6. The normalized spacial score (nSPS) is 11.2. The summed E-state index contributed by atoms with van der Waals surface area (Å²) in [5.74, 6) is 1.06. The van der Waals surface area contributed by atoms with Gasteiger partial charge in [0.1, 0.15) is 6.07 Å². The SMILES string of the molecule is COc1cc(/C=C(\Cl)c2ccc3ccccc3n2)ccc1OCC#N. The molecule has 0 aliphatic heterocycles. The third-order valence-corrected chi connectivity index (χ3v) is 3.92. The average Bonchev–Trinajstić information content (AvgIpc) is 2.66. The summed E-state index contributed by atoms with van der Waals surface area (Å²) in [6, 6.07) is 19.1. The van der Waals surface area contributed by atoms with Crippen LogP contribution in [-0.2, 0) is 0 Å². The molecule has 3 rings (SSSR count). The van der Waals surface area contributed by atoms with E-state index in [0.717, 1.165) is 16.5 Å². The third kappa shape index (κ3) is 3.90. The van der Waals surface area contributed by atoms with Crippen LogP contribution in [-0.4, -0.2) is 18.7 Å². The van der Waals surface area contributed by atoms with Crippen molar-refractivity contribution in [2.75, 3.05) is 13.7 Å². The van der Waals surface area contributed by atoms with Crippen molar-refractivity contribution < 1.29 is 9.47 Å². The van der Waals surface area contributed by atoms with Crippen LogP contribution in [0.2, 0.25) is 0 Å². The molecule has 0 saturated carbocycles. The van der Waals surface area contributed by atoms with Crippen LogP contribution in [0, 0.1) is 11.3 Å². The number of fused-ring (bicyclic) bond motifs is 1. The first-order valence-electron chi connectivity index (χ1n) is 7.62. The maximum atomic E-state index is 8.62. The zero-order chi connectivity index (χ0) is 17.6. The zero-order valence-corrected chi connectivity index (χ0v) is 14.3. The molecule has 0 aliphatic carbocycles. The molecule has 3 aromatic rings. The Labute approximate surface area is 150 Å². The first-order valence-corrected chi connectivity index (χ1v) is 8.00. The predicted molar refractivity (Wildman–Crippen MR) is 99.6 cm³/mol. The first kappa shape index (κ1) is 16.8. The predicted octanol–water partition coefficient (Wildman–Crippen LogP) is 4.88. The molecule has 0 N–H and O–H groups in total. The number of ether oxygens (including phenoxy) is 2. The van der Waals surface area contributed by atoms with Crippen LogP contribution < -0.4 is 9.47 Å². The summed E-state index contributed by atoms with van der Waals surface area (Å²) in [6.07, 6.45) is 1.81. The number of halogens is 1. The van der Waals surface area contributed by atoms with E-state index in [-0.39, 0.29) is 6.61 Å². The topological polar surface area (TPSA) is 55.1 Å². The van der Waals surface area contributed by atoms with Crippen molar-refractivity contribution in [2.45, 2.75) is 0 Å². The molecule has 0 atom stereocenters. The fourth-order valence-corrected chi connectivity index (χ4v) is 2.65. The Bertz CT molecular complexity index is 977. The average molecular weight is 351 g/mol. The van der Waals surface area contributed by atoms with Gasteiger partial charge in [-0.2, -0.15) is 5.26 Å². The molecule has 1 aromatic heterocycles. The summed E-state index contributed by atoms with van der Waals surface area (Å²) in [5.41, 5.74) is 2.44. The lowest BCUT2D eigenvalue weighted by Crippen LogP contribution is -1.96. The van der Waals surface area contributed by atoms with E-state index in [9.17, 15) is 0 Å². The van der Waals surface area contributed by atoms with Crippen LogP contribution >= 0.6 is 11.6 Å². The third-order valence-electron chi connectivity index (χ3n) is 3.62. The quantitative estimate of drug-likeness (QED) is 0.657. The fraction of sp³-hybridized carbons (Fsp3) is 0.100. The van der Waals surface area contributed by atoms with Gasteiger partial charge in [0.25, 0.3) is 0 Å². The fourth-order valence-electron chi connectivity index (χ4n) is 2.42. The minimum Gasteiger partial charge on any atom is -0.493 e. The van der Waals surface area contributed by atoms with Crippen molar-refractivity contribution in [2.24, 2.45) is 0 Å².